The van der Waals surface area contributed by atoms with E-state index in [1.165, 1.54) is 23.3 Å². The Hall–Kier alpha value is -5.79. The number of nitro benzene ring substituents is 1. The number of aliphatic hydroxyl groups is 2. The molecule has 3 aromatic carbocycles. The summed E-state index contributed by atoms with van der Waals surface area (Å²) in [5.74, 6) is 0.0379. The lowest BCUT2D eigenvalue weighted by Crippen LogP contribution is -2.58. The lowest BCUT2D eigenvalue weighted by Gasteiger charge is -2.57. The lowest BCUT2D eigenvalue weighted by molar-refractivity contribution is -0.384. The van der Waals surface area contributed by atoms with Crippen molar-refractivity contribution in [1.82, 2.24) is 19.6 Å². The van der Waals surface area contributed by atoms with Crippen molar-refractivity contribution in [3.8, 4) is 5.88 Å². The van der Waals surface area contributed by atoms with Crippen molar-refractivity contribution in [2.45, 2.75) is 145 Å². The number of nitrogens with one attached hydrogen (secondary N) is 3. The fourth-order valence-corrected chi connectivity index (χ4v) is 14.1. The molecule has 17 nitrogen and oxygen atoms in total. The molecule has 4 atom stereocenters. The minimum absolute atomic E-state index is 0.0871. The number of sulfonamides is 1. The number of anilines is 4. The number of carbonyl (C=O) groups excluding carboxylic acids is 1. The van der Waals surface area contributed by atoms with E-state index in [-0.39, 0.29) is 34.7 Å². The highest BCUT2D eigenvalue weighted by Gasteiger charge is 2.51. The van der Waals surface area contributed by atoms with Crippen LogP contribution >= 0.6 is 0 Å². The van der Waals surface area contributed by atoms with Gasteiger partial charge in [0, 0.05) is 62.0 Å². The zero-order chi connectivity index (χ0) is 51.7. The second-order valence-electron chi connectivity index (χ2n) is 23.1. The van der Waals surface area contributed by atoms with E-state index in [0.717, 1.165) is 81.9 Å². The number of hydrogen-bond acceptors (Lipinski definition) is 14. The molecular weight excluding hydrogens is 961 g/mol. The third-order valence-corrected chi connectivity index (χ3v) is 18.8. The highest BCUT2D eigenvalue weighted by molar-refractivity contribution is 7.90. The lowest BCUT2D eigenvalue weighted by atomic mass is 9.59. The van der Waals surface area contributed by atoms with Gasteiger partial charge in [0.2, 0.25) is 5.88 Å². The minimum atomic E-state index is -4.65. The molecule has 18 heteroatoms. The van der Waals surface area contributed by atoms with Gasteiger partial charge in [-0.2, -0.15) is 4.98 Å². The van der Waals surface area contributed by atoms with Crippen LogP contribution in [0, 0.1) is 21.4 Å². The van der Waals surface area contributed by atoms with Crippen molar-refractivity contribution in [2.24, 2.45) is 11.3 Å². The van der Waals surface area contributed by atoms with Gasteiger partial charge in [0.1, 0.15) is 23.1 Å². The number of aromatic nitrogens is 2. The first-order valence-electron chi connectivity index (χ1n) is 26.6. The summed E-state index contributed by atoms with van der Waals surface area (Å²) in [4.78, 5) is 41.3. The van der Waals surface area contributed by atoms with Crippen LogP contribution in [0.15, 0.2) is 83.9 Å². The van der Waals surface area contributed by atoms with Gasteiger partial charge in [0.05, 0.1) is 57.6 Å². The van der Waals surface area contributed by atoms with Crippen LogP contribution in [-0.2, 0) is 14.8 Å². The first kappa shape index (κ1) is 50.4. The number of nitro groups is 1. The maximum Gasteiger partial charge on any atom is 0.293 e. The molecule has 3 saturated carbocycles. The van der Waals surface area contributed by atoms with Gasteiger partial charge in [-0.3, -0.25) is 19.8 Å². The molecule has 0 unspecified atom stereocenters. The van der Waals surface area contributed by atoms with Crippen LogP contribution < -0.4 is 24.6 Å². The number of amides is 1. The Bertz CT molecular complexity index is 3040. The number of fused-ring (bicyclic) bond motifs is 3. The number of carbonyl (C=O) groups is 1. The van der Waals surface area contributed by atoms with E-state index >= 15 is 0 Å². The van der Waals surface area contributed by atoms with E-state index in [2.05, 4.69) is 67.8 Å². The monoisotopic (exact) mass is 1030 g/mol. The Labute approximate surface area is 433 Å². The molecule has 2 saturated heterocycles. The average Bonchev–Trinajstić information content (AvgIpc) is 3.83. The van der Waals surface area contributed by atoms with Crippen LogP contribution in [0.2, 0.25) is 0 Å². The van der Waals surface area contributed by atoms with E-state index in [0.29, 0.717) is 80.1 Å². The van der Waals surface area contributed by atoms with Gasteiger partial charge < -0.3 is 39.8 Å². The van der Waals surface area contributed by atoms with E-state index in [9.17, 15) is 33.5 Å². The van der Waals surface area contributed by atoms with Gasteiger partial charge in [0.15, 0.2) is 0 Å². The van der Waals surface area contributed by atoms with Crippen LogP contribution in [0.1, 0.15) is 132 Å². The molecular formula is C56H70N8O9S. The number of rotatable bonds is 12. The second-order valence-corrected chi connectivity index (χ2v) is 24.8. The van der Waals surface area contributed by atoms with Gasteiger partial charge in [-0.15, -0.1) is 0 Å². The number of benzene rings is 3. The molecule has 3 aliphatic carbocycles. The SMILES string of the molecule is CC(C)c1ccccc1[C@@H]1COCCN1C1CC2(CCN(c3ccc(C(=O)NS(=O)(=O)c4ccc(NC[C@H]5CC[C@](C)(O)CC5)c([N+](=O)[O-])c4)c(N4c5cc6cc[nH]c6nc5O[C@@H]5C[C@](C)(O)CC[C@H]54)c3)CC2)C1. The summed E-state index contributed by atoms with van der Waals surface area (Å²) in [7, 11) is -4.65. The predicted molar refractivity (Wildman–Crippen MR) is 284 cm³/mol. The van der Waals surface area contributed by atoms with Crippen LogP contribution in [0.25, 0.3) is 11.0 Å². The number of aromatic amines is 1. The third-order valence-electron chi connectivity index (χ3n) is 17.5. The van der Waals surface area contributed by atoms with Gasteiger partial charge in [-0.25, -0.2) is 13.1 Å². The number of nitrogens with zero attached hydrogens (tertiary/aromatic N) is 5. The molecule has 11 rings (SSSR count). The zero-order valence-corrected chi connectivity index (χ0v) is 43.7. The van der Waals surface area contributed by atoms with Crippen LogP contribution in [-0.4, -0.2) is 113 Å². The normalized spacial score (nSPS) is 27.3. The number of pyridine rings is 1. The number of H-pyrrole nitrogens is 1. The zero-order valence-electron chi connectivity index (χ0n) is 42.9. The van der Waals surface area contributed by atoms with Crippen molar-refractivity contribution in [2.75, 3.05) is 54.5 Å². The van der Waals surface area contributed by atoms with Crippen LogP contribution in [0.3, 0.4) is 0 Å². The molecule has 0 bridgehead atoms. The van der Waals surface area contributed by atoms with Crippen molar-refractivity contribution in [3.63, 3.8) is 0 Å². The highest BCUT2D eigenvalue weighted by atomic mass is 32.2. The number of morpholine rings is 1. The maximum atomic E-state index is 14.8. The summed E-state index contributed by atoms with van der Waals surface area (Å²) in [6, 6.07) is 22.2. The maximum absolute atomic E-state index is 14.8. The molecule has 5 heterocycles. The van der Waals surface area contributed by atoms with Gasteiger partial charge in [-0.05, 0) is 149 Å². The molecule has 1 spiro atoms. The first-order valence-corrected chi connectivity index (χ1v) is 28.1. The summed E-state index contributed by atoms with van der Waals surface area (Å²) in [6.07, 6.45) is 9.62. The van der Waals surface area contributed by atoms with Gasteiger partial charge in [-0.1, -0.05) is 38.1 Å². The summed E-state index contributed by atoms with van der Waals surface area (Å²) in [5, 5.41) is 38.1. The minimum Gasteiger partial charge on any atom is -0.470 e. The van der Waals surface area contributed by atoms with E-state index in [1.807, 2.05) is 31.2 Å². The number of hydrogen-bond donors (Lipinski definition) is 5. The Balaban J connectivity index is 0.877. The fraction of sp³-hybridized carbons (Fsp3) is 0.536. The molecule has 5 aromatic rings. The quantitative estimate of drug-likeness (QED) is 0.0582. The standard InChI is InChI=1S/C56H70N8O9S/c1-35(2)41-7-5-6-8-42(41)49-34-72-26-25-62(49)39-30-56(31-39)20-23-61(24-21-56)38-9-11-43(46(28-38)63-45-15-19-55(4,67)32-50(45)73-53-48(63)27-37-16-22-57-51(37)59-53)52(65)60-74(70,71)40-10-12-44(47(29-40)64(68)69)58-33-36-13-17-54(3,66)18-14-36/h5-12,16,22,27-29,35-36,39,45,49-50,58,66-67H,13-15,17-21,23-26,30-34H2,1-4H3,(H,57,59)(H,60,65)/t36-,45-,49+,50-,54-,55-/m1/s1. The topological polar surface area (TPSA) is 216 Å². The second kappa shape index (κ2) is 19.4. The Morgan fingerprint density at radius 1 is 0.919 bits per heavy atom. The van der Waals surface area contributed by atoms with Crippen molar-refractivity contribution in [3.05, 3.63) is 106 Å². The van der Waals surface area contributed by atoms with E-state index < -0.39 is 48.7 Å². The summed E-state index contributed by atoms with van der Waals surface area (Å²) < 4.78 is 43.5. The molecule has 6 aliphatic rings. The molecule has 1 amide bonds. The molecule has 2 aromatic heterocycles. The van der Waals surface area contributed by atoms with Gasteiger partial charge >= 0.3 is 0 Å². The first-order chi connectivity index (χ1) is 35.3. The van der Waals surface area contributed by atoms with Crippen molar-refractivity contribution in [1.29, 1.82) is 0 Å². The third kappa shape index (κ3) is 9.83. The molecule has 3 aliphatic heterocycles. The summed E-state index contributed by atoms with van der Waals surface area (Å²) in [5.41, 5.74) is 3.66. The molecule has 74 heavy (non-hydrogen) atoms. The predicted octanol–water partition coefficient (Wildman–Crippen LogP) is 9.09. The molecule has 5 fully saturated rings. The number of piperidine rings is 1. The van der Waals surface area contributed by atoms with Crippen molar-refractivity contribution < 1.29 is 37.8 Å². The molecule has 394 valence electrons. The average molecular weight is 1030 g/mol. The Morgan fingerprint density at radius 2 is 1.68 bits per heavy atom. The molecule has 0 radical (unpaired) electrons. The largest absolute Gasteiger partial charge is 0.470 e. The molecule has 5 N–H and O–H groups in total. The van der Waals surface area contributed by atoms with Crippen LogP contribution in [0.5, 0.6) is 5.88 Å². The smallest absolute Gasteiger partial charge is 0.293 e. The summed E-state index contributed by atoms with van der Waals surface area (Å²) in [6.45, 7) is 12.5. The highest BCUT2D eigenvalue weighted by Crippen LogP contribution is 2.54. The fourth-order valence-electron chi connectivity index (χ4n) is 13.1. The van der Waals surface area contributed by atoms with Gasteiger partial charge in [0.25, 0.3) is 21.6 Å². The van der Waals surface area contributed by atoms with E-state index in [4.69, 9.17) is 14.5 Å². The summed E-state index contributed by atoms with van der Waals surface area (Å²) >= 11 is 0. The number of ether oxygens (including phenoxy) is 2. The Kier molecular flexibility index (Phi) is 13.2. The van der Waals surface area contributed by atoms with E-state index in [1.54, 1.807) is 19.2 Å². The van der Waals surface area contributed by atoms with Crippen molar-refractivity contribution >= 4 is 55.4 Å². The van der Waals surface area contributed by atoms with Crippen LogP contribution in [0.4, 0.5) is 28.4 Å². The Morgan fingerprint density at radius 3 is 2.43 bits per heavy atom.